The Morgan fingerprint density at radius 1 is 1.00 bits per heavy atom. The van der Waals surface area contributed by atoms with E-state index in [1.54, 1.807) is 30.5 Å². The van der Waals surface area contributed by atoms with E-state index in [9.17, 15) is 13.2 Å². The van der Waals surface area contributed by atoms with Crippen molar-refractivity contribution < 1.29 is 13.2 Å². The number of anilines is 2. The van der Waals surface area contributed by atoms with E-state index in [-0.39, 0.29) is 22.4 Å². The first-order chi connectivity index (χ1) is 15.4. The molecule has 6 nitrogen and oxygen atoms in total. The molecule has 7 heteroatoms. The fourth-order valence-corrected chi connectivity index (χ4v) is 5.96. The lowest BCUT2D eigenvalue weighted by Crippen LogP contribution is -2.35. The van der Waals surface area contributed by atoms with Gasteiger partial charge in [0, 0.05) is 23.2 Å². The first-order valence-electron chi connectivity index (χ1n) is 10.3. The molecular weight excluding hydrogens is 422 g/mol. The van der Waals surface area contributed by atoms with Gasteiger partial charge in [-0.25, -0.2) is 8.42 Å². The van der Waals surface area contributed by atoms with E-state index in [2.05, 4.69) is 10.3 Å². The van der Waals surface area contributed by atoms with Gasteiger partial charge >= 0.3 is 0 Å². The Balaban J connectivity index is 1.48. The standard InChI is InChI=1S/C25H21N3O3S/c1-17-15-18-7-2-3-13-24(18)28(17)32(30,31)20-9-4-8-19(16-20)25(29)27-23-12-5-11-22-21(23)10-6-14-26-22/h2-14,16-17H,15H2,1H3,(H,27,29)/t17-/m1/s1. The first kappa shape index (κ1) is 20.2. The van der Waals surface area contributed by atoms with Crippen molar-refractivity contribution in [2.45, 2.75) is 24.3 Å². The smallest absolute Gasteiger partial charge is 0.264 e. The molecule has 1 aromatic heterocycles. The summed E-state index contributed by atoms with van der Waals surface area (Å²) in [5.41, 5.74) is 3.35. The van der Waals surface area contributed by atoms with Crippen LogP contribution in [0.4, 0.5) is 11.4 Å². The molecule has 0 aliphatic carbocycles. The van der Waals surface area contributed by atoms with Crippen molar-refractivity contribution in [3.8, 4) is 0 Å². The number of carbonyl (C=O) groups excluding carboxylic acids is 1. The average Bonchev–Trinajstić information content (AvgIpc) is 3.16. The quantitative estimate of drug-likeness (QED) is 0.499. The second-order valence-electron chi connectivity index (χ2n) is 7.84. The molecule has 160 valence electrons. The highest BCUT2D eigenvalue weighted by Gasteiger charge is 2.36. The molecule has 0 radical (unpaired) electrons. The number of benzene rings is 3. The Bertz CT molecular complexity index is 1440. The van der Waals surface area contributed by atoms with Crippen LogP contribution in [0, 0.1) is 0 Å². The molecule has 1 aliphatic heterocycles. The van der Waals surface area contributed by atoms with Crippen molar-refractivity contribution in [1.82, 2.24) is 4.98 Å². The molecule has 0 saturated carbocycles. The first-order valence-corrected chi connectivity index (χ1v) is 11.8. The fourth-order valence-electron chi connectivity index (χ4n) is 4.22. The van der Waals surface area contributed by atoms with Crippen LogP contribution < -0.4 is 9.62 Å². The molecule has 0 saturated heterocycles. The molecule has 0 bridgehead atoms. The van der Waals surface area contributed by atoms with Gasteiger partial charge in [0.15, 0.2) is 0 Å². The second kappa shape index (κ2) is 7.76. The summed E-state index contributed by atoms with van der Waals surface area (Å²) in [7, 11) is -3.82. The zero-order valence-electron chi connectivity index (χ0n) is 17.4. The maximum absolute atomic E-state index is 13.5. The fraction of sp³-hybridized carbons (Fsp3) is 0.120. The Labute approximate surface area is 186 Å². The van der Waals surface area contributed by atoms with Gasteiger partial charge in [0.25, 0.3) is 15.9 Å². The van der Waals surface area contributed by atoms with Gasteiger partial charge in [0.05, 0.1) is 21.8 Å². The van der Waals surface area contributed by atoms with Gasteiger partial charge in [0.1, 0.15) is 0 Å². The molecule has 4 aromatic rings. The largest absolute Gasteiger partial charge is 0.321 e. The van der Waals surface area contributed by atoms with Crippen LogP contribution in [0.15, 0.2) is 90.0 Å². The molecular formula is C25H21N3O3S. The van der Waals surface area contributed by atoms with Crippen LogP contribution in [0.1, 0.15) is 22.8 Å². The number of rotatable bonds is 4. The van der Waals surface area contributed by atoms with E-state index in [1.165, 1.54) is 16.4 Å². The predicted molar refractivity (Wildman–Crippen MR) is 125 cm³/mol. The van der Waals surface area contributed by atoms with Crippen molar-refractivity contribution in [2.24, 2.45) is 0 Å². The molecule has 1 N–H and O–H groups in total. The number of nitrogens with one attached hydrogen (secondary N) is 1. The summed E-state index contributed by atoms with van der Waals surface area (Å²) in [6.45, 7) is 1.89. The van der Waals surface area contributed by atoms with E-state index >= 15 is 0 Å². The van der Waals surface area contributed by atoms with Crippen LogP contribution in [-0.2, 0) is 16.4 Å². The number of amides is 1. The van der Waals surface area contributed by atoms with Crippen LogP contribution in [0.25, 0.3) is 10.9 Å². The van der Waals surface area contributed by atoms with Crippen molar-refractivity contribution in [2.75, 3.05) is 9.62 Å². The number of para-hydroxylation sites is 1. The minimum Gasteiger partial charge on any atom is -0.321 e. The highest BCUT2D eigenvalue weighted by molar-refractivity contribution is 7.92. The van der Waals surface area contributed by atoms with Crippen LogP contribution >= 0.6 is 0 Å². The minimum absolute atomic E-state index is 0.0910. The molecule has 3 aromatic carbocycles. The predicted octanol–water partition coefficient (Wildman–Crippen LogP) is 4.63. The van der Waals surface area contributed by atoms with Gasteiger partial charge in [-0.05, 0) is 67.4 Å². The lowest BCUT2D eigenvalue weighted by molar-refractivity contribution is 0.102. The average molecular weight is 444 g/mol. The summed E-state index contributed by atoms with van der Waals surface area (Å²) >= 11 is 0. The summed E-state index contributed by atoms with van der Waals surface area (Å²) in [5.74, 6) is -0.381. The van der Waals surface area contributed by atoms with Gasteiger partial charge < -0.3 is 5.32 Å². The van der Waals surface area contributed by atoms with Crippen molar-refractivity contribution in [1.29, 1.82) is 0 Å². The van der Waals surface area contributed by atoms with Crippen molar-refractivity contribution in [3.05, 3.63) is 96.2 Å². The van der Waals surface area contributed by atoms with Gasteiger partial charge in [-0.1, -0.05) is 30.3 Å². The Hall–Kier alpha value is -3.71. The molecule has 0 fully saturated rings. The third-order valence-electron chi connectivity index (χ3n) is 5.69. The number of pyridine rings is 1. The van der Waals surface area contributed by atoms with Crippen LogP contribution in [-0.4, -0.2) is 25.4 Å². The normalized spacial score (nSPS) is 15.5. The van der Waals surface area contributed by atoms with Gasteiger partial charge in [0.2, 0.25) is 0 Å². The Morgan fingerprint density at radius 2 is 1.81 bits per heavy atom. The molecule has 1 aliphatic rings. The molecule has 1 atom stereocenters. The number of nitrogens with zero attached hydrogens (tertiary/aromatic N) is 2. The topological polar surface area (TPSA) is 79.4 Å². The van der Waals surface area contributed by atoms with Gasteiger partial charge in [-0.2, -0.15) is 0 Å². The Morgan fingerprint density at radius 3 is 2.69 bits per heavy atom. The summed E-state index contributed by atoms with van der Waals surface area (Å²) < 4.78 is 28.5. The van der Waals surface area contributed by atoms with Crippen LogP contribution in [0.2, 0.25) is 0 Å². The third-order valence-corrected chi connectivity index (χ3v) is 7.62. The third kappa shape index (κ3) is 3.40. The maximum Gasteiger partial charge on any atom is 0.264 e. The summed E-state index contributed by atoms with van der Waals surface area (Å²) in [6.07, 6.45) is 2.35. The molecule has 1 amide bonds. The highest BCUT2D eigenvalue weighted by Crippen LogP contribution is 2.36. The van der Waals surface area contributed by atoms with Gasteiger partial charge in [-0.15, -0.1) is 0 Å². The van der Waals surface area contributed by atoms with E-state index in [0.717, 1.165) is 16.5 Å². The molecule has 32 heavy (non-hydrogen) atoms. The monoisotopic (exact) mass is 443 g/mol. The van der Waals surface area contributed by atoms with Crippen LogP contribution in [0.5, 0.6) is 0 Å². The SMILES string of the molecule is C[C@@H]1Cc2ccccc2N1S(=O)(=O)c1cccc(C(=O)Nc2cccc3ncccc23)c1. The Kier molecular flexibility index (Phi) is 4.90. The summed E-state index contributed by atoms with van der Waals surface area (Å²) in [6, 6.07) is 22.7. The summed E-state index contributed by atoms with van der Waals surface area (Å²) in [5, 5.41) is 3.70. The minimum atomic E-state index is -3.82. The van der Waals surface area contributed by atoms with Crippen molar-refractivity contribution in [3.63, 3.8) is 0 Å². The number of hydrogen-bond donors (Lipinski definition) is 1. The van der Waals surface area contributed by atoms with E-state index < -0.39 is 10.0 Å². The lowest BCUT2D eigenvalue weighted by atomic mass is 10.1. The van der Waals surface area contributed by atoms with Gasteiger partial charge in [-0.3, -0.25) is 14.1 Å². The number of sulfonamides is 1. The molecule has 0 unspecified atom stereocenters. The molecule has 0 spiro atoms. The lowest BCUT2D eigenvalue weighted by Gasteiger charge is -2.24. The zero-order chi connectivity index (χ0) is 22.3. The van der Waals surface area contributed by atoms with Crippen LogP contribution in [0.3, 0.4) is 0 Å². The maximum atomic E-state index is 13.5. The van der Waals surface area contributed by atoms with Crippen molar-refractivity contribution >= 4 is 38.2 Å². The van der Waals surface area contributed by atoms with E-state index in [1.807, 2.05) is 49.4 Å². The number of aromatic nitrogens is 1. The number of carbonyl (C=O) groups is 1. The number of hydrogen-bond acceptors (Lipinski definition) is 4. The second-order valence-corrected chi connectivity index (χ2v) is 9.66. The highest BCUT2D eigenvalue weighted by atomic mass is 32.2. The van der Waals surface area contributed by atoms with E-state index in [0.29, 0.717) is 17.8 Å². The zero-order valence-corrected chi connectivity index (χ0v) is 18.2. The number of fused-ring (bicyclic) bond motifs is 2. The summed E-state index contributed by atoms with van der Waals surface area (Å²) in [4.78, 5) is 17.4. The molecule has 5 rings (SSSR count). The molecule has 2 heterocycles. The van der Waals surface area contributed by atoms with E-state index in [4.69, 9.17) is 0 Å².